The zero-order valence-electron chi connectivity index (χ0n) is 21.5. The number of pyridine rings is 1. The molecule has 3 aliphatic heterocycles. The molecule has 1 aromatic carbocycles. The number of fused-ring (bicyclic) bond motifs is 2. The number of amides is 1. The maximum Gasteiger partial charge on any atom is 0.251 e. The maximum absolute atomic E-state index is 12.4. The minimum Gasteiger partial charge on any atom is -0.366 e. The van der Waals surface area contributed by atoms with Crippen molar-refractivity contribution >= 4 is 34.8 Å². The van der Waals surface area contributed by atoms with Crippen LogP contribution in [0.4, 0.5) is 23.3 Å². The van der Waals surface area contributed by atoms with Gasteiger partial charge in [-0.3, -0.25) is 4.79 Å². The van der Waals surface area contributed by atoms with E-state index in [1.807, 2.05) is 36.7 Å². The van der Waals surface area contributed by atoms with Crippen LogP contribution in [0.1, 0.15) is 40.9 Å². The molecule has 2 aromatic heterocycles. The lowest BCUT2D eigenvalue weighted by atomic mass is 9.77. The molecule has 0 unspecified atom stereocenters. The molecule has 190 valence electrons. The lowest BCUT2D eigenvalue weighted by molar-refractivity contribution is 0.0930. The Morgan fingerprint density at radius 3 is 2.59 bits per heavy atom. The van der Waals surface area contributed by atoms with E-state index in [0.29, 0.717) is 19.0 Å². The van der Waals surface area contributed by atoms with Gasteiger partial charge in [0, 0.05) is 62.0 Å². The predicted molar refractivity (Wildman–Crippen MR) is 147 cm³/mol. The molecule has 3 N–H and O–H groups in total. The molecular weight excluding hydrogens is 464 g/mol. The van der Waals surface area contributed by atoms with Gasteiger partial charge in [-0.25, -0.2) is 9.97 Å². The largest absolute Gasteiger partial charge is 0.366 e. The van der Waals surface area contributed by atoms with Crippen molar-refractivity contribution in [2.24, 2.45) is 0 Å². The first-order valence-electron chi connectivity index (χ1n) is 12.8. The van der Waals surface area contributed by atoms with Crippen molar-refractivity contribution < 1.29 is 4.79 Å². The summed E-state index contributed by atoms with van der Waals surface area (Å²) in [4.78, 5) is 31.0. The summed E-state index contributed by atoms with van der Waals surface area (Å²) in [7, 11) is 2.15. The maximum atomic E-state index is 12.4. The summed E-state index contributed by atoms with van der Waals surface area (Å²) in [6.45, 7) is 9.69. The van der Waals surface area contributed by atoms with Gasteiger partial charge in [-0.2, -0.15) is 4.98 Å². The first-order chi connectivity index (χ1) is 17.9. The minimum absolute atomic E-state index is 0.00864. The Hall–Kier alpha value is -3.98. The van der Waals surface area contributed by atoms with Gasteiger partial charge in [-0.15, -0.1) is 0 Å². The van der Waals surface area contributed by atoms with Crippen molar-refractivity contribution in [3.63, 3.8) is 0 Å². The normalized spacial score (nSPS) is 18.7. The number of aromatic nitrogens is 3. The zero-order chi connectivity index (χ0) is 25.6. The van der Waals surface area contributed by atoms with Gasteiger partial charge < -0.3 is 25.8 Å². The summed E-state index contributed by atoms with van der Waals surface area (Å²) in [5.74, 6) is 2.29. The van der Waals surface area contributed by atoms with E-state index in [1.165, 1.54) is 0 Å². The summed E-state index contributed by atoms with van der Waals surface area (Å²) >= 11 is 0. The third-order valence-corrected chi connectivity index (χ3v) is 7.48. The number of hydrogen-bond donors (Lipinski definition) is 3. The Morgan fingerprint density at radius 1 is 0.973 bits per heavy atom. The molecule has 0 aliphatic carbocycles. The van der Waals surface area contributed by atoms with E-state index >= 15 is 0 Å². The van der Waals surface area contributed by atoms with Crippen LogP contribution >= 0.6 is 0 Å². The molecule has 0 saturated carbocycles. The average molecular weight is 497 g/mol. The van der Waals surface area contributed by atoms with Crippen molar-refractivity contribution in [1.82, 2.24) is 25.2 Å². The highest BCUT2D eigenvalue weighted by molar-refractivity contribution is 5.98. The van der Waals surface area contributed by atoms with Crippen LogP contribution in [0.5, 0.6) is 0 Å². The number of nitrogens with one attached hydrogen (secondary N) is 3. The molecule has 0 radical (unpaired) electrons. The van der Waals surface area contributed by atoms with Crippen LogP contribution in [0.15, 0.2) is 48.8 Å². The molecule has 0 spiro atoms. The summed E-state index contributed by atoms with van der Waals surface area (Å²) in [6, 6.07) is 10.2. The first kappa shape index (κ1) is 23.4. The number of carbonyl (C=O) groups is 1. The third kappa shape index (κ3) is 4.51. The second-order valence-corrected chi connectivity index (χ2v) is 10.6. The molecule has 0 atom stereocenters. The van der Waals surface area contributed by atoms with E-state index in [1.54, 1.807) is 0 Å². The summed E-state index contributed by atoms with van der Waals surface area (Å²) < 4.78 is 0. The zero-order valence-corrected chi connectivity index (χ0v) is 21.5. The van der Waals surface area contributed by atoms with Crippen LogP contribution in [0.25, 0.3) is 5.57 Å². The number of anilines is 4. The molecule has 0 bridgehead atoms. The Balaban J connectivity index is 1.22. The Labute approximate surface area is 217 Å². The van der Waals surface area contributed by atoms with Crippen molar-refractivity contribution in [2.45, 2.75) is 19.3 Å². The highest BCUT2D eigenvalue weighted by atomic mass is 16.1. The number of carbonyl (C=O) groups excluding carboxylic acids is 1. The van der Waals surface area contributed by atoms with Crippen molar-refractivity contribution in [1.29, 1.82) is 0 Å². The molecule has 5 heterocycles. The topological polar surface area (TPSA) is 98.3 Å². The van der Waals surface area contributed by atoms with E-state index in [0.717, 1.165) is 71.3 Å². The fourth-order valence-electron chi connectivity index (χ4n) is 5.18. The Morgan fingerprint density at radius 2 is 1.81 bits per heavy atom. The van der Waals surface area contributed by atoms with E-state index in [9.17, 15) is 4.79 Å². The molecule has 6 rings (SSSR count). The molecule has 1 fully saturated rings. The first-order valence-corrected chi connectivity index (χ1v) is 12.8. The van der Waals surface area contributed by atoms with Gasteiger partial charge in [-0.1, -0.05) is 26.0 Å². The average Bonchev–Trinajstić information content (AvgIpc) is 2.91. The van der Waals surface area contributed by atoms with Gasteiger partial charge in [0.1, 0.15) is 11.6 Å². The standard InChI is InChI=1S/C28H32N8O/c1-28(2)17-32-26(37)21-6-4-18(14-23(21)28)20-8-9-29-25-22(20)16-31-27(34-25)33-19-5-7-24(30-15-19)36-12-10-35(3)11-13-36/h4-8,14-16H,9-13,17H2,1-3H3,(H,32,37)(H2,29,31,33,34). The summed E-state index contributed by atoms with van der Waals surface area (Å²) in [6.07, 6.45) is 5.84. The number of rotatable bonds is 4. The van der Waals surface area contributed by atoms with Crippen LogP contribution in [0, 0.1) is 0 Å². The molecule has 3 aliphatic rings. The van der Waals surface area contributed by atoms with Crippen molar-refractivity contribution in [2.75, 3.05) is 61.8 Å². The van der Waals surface area contributed by atoms with Crippen LogP contribution < -0.4 is 20.9 Å². The SMILES string of the molecule is CN1CCN(c2ccc(Nc3ncc4c(n3)NCC=C4c3ccc4c(c3)C(C)(C)CNC4=O)cn2)CC1. The van der Waals surface area contributed by atoms with Crippen LogP contribution in [-0.2, 0) is 5.41 Å². The van der Waals surface area contributed by atoms with Crippen LogP contribution in [0.3, 0.4) is 0 Å². The number of nitrogens with zero attached hydrogens (tertiary/aromatic N) is 5. The van der Waals surface area contributed by atoms with Gasteiger partial charge in [-0.05, 0) is 48.0 Å². The van der Waals surface area contributed by atoms with Gasteiger partial charge >= 0.3 is 0 Å². The molecule has 9 nitrogen and oxygen atoms in total. The molecule has 3 aromatic rings. The minimum atomic E-state index is -0.131. The van der Waals surface area contributed by atoms with E-state index in [4.69, 9.17) is 4.98 Å². The number of benzene rings is 1. The smallest absolute Gasteiger partial charge is 0.251 e. The van der Waals surface area contributed by atoms with Gasteiger partial charge in [0.25, 0.3) is 5.91 Å². The second kappa shape index (κ2) is 9.15. The molecule has 37 heavy (non-hydrogen) atoms. The summed E-state index contributed by atoms with van der Waals surface area (Å²) in [5, 5.41) is 9.65. The molecule has 1 saturated heterocycles. The van der Waals surface area contributed by atoms with Gasteiger partial charge in [0.15, 0.2) is 0 Å². The highest BCUT2D eigenvalue weighted by Crippen LogP contribution is 2.36. The van der Waals surface area contributed by atoms with Gasteiger partial charge in [0.2, 0.25) is 5.95 Å². The van der Waals surface area contributed by atoms with E-state index < -0.39 is 0 Å². The van der Waals surface area contributed by atoms with Crippen molar-refractivity contribution in [3.05, 3.63) is 71.1 Å². The monoisotopic (exact) mass is 496 g/mol. The number of hydrogen-bond acceptors (Lipinski definition) is 8. The van der Waals surface area contributed by atoms with Gasteiger partial charge in [0.05, 0.1) is 11.9 Å². The Kier molecular flexibility index (Phi) is 5.79. The quantitative estimate of drug-likeness (QED) is 0.507. The van der Waals surface area contributed by atoms with Crippen LogP contribution in [-0.4, -0.2) is 72.1 Å². The fourth-order valence-corrected chi connectivity index (χ4v) is 5.18. The van der Waals surface area contributed by atoms with E-state index in [-0.39, 0.29) is 11.3 Å². The van der Waals surface area contributed by atoms with Crippen LogP contribution in [0.2, 0.25) is 0 Å². The molecular formula is C28H32N8O. The highest BCUT2D eigenvalue weighted by Gasteiger charge is 2.32. The Bertz CT molecular complexity index is 1370. The molecule has 1 amide bonds. The second-order valence-electron chi connectivity index (χ2n) is 10.6. The molecule has 9 heteroatoms. The third-order valence-electron chi connectivity index (χ3n) is 7.48. The fraction of sp³-hybridized carbons (Fsp3) is 0.357. The predicted octanol–water partition coefficient (Wildman–Crippen LogP) is 3.25. The number of piperazine rings is 1. The van der Waals surface area contributed by atoms with Crippen molar-refractivity contribution in [3.8, 4) is 0 Å². The lowest BCUT2D eigenvalue weighted by Gasteiger charge is -2.33. The lowest BCUT2D eigenvalue weighted by Crippen LogP contribution is -2.44. The summed E-state index contributed by atoms with van der Waals surface area (Å²) in [5.41, 5.74) is 5.62. The van der Waals surface area contributed by atoms with E-state index in [2.05, 4.69) is 68.8 Å². The number of likely N-dealkylation sites (N-methyl/N-ethyl adjacent to an activating group) is 1.